The third-order valence-corrected chi connectivity index (χ3v) is 7.05. The SMILES string of the molecule is CC1CSCCN1CC1(N)C2CCCOC2C1(C)C. The molecule has 0 aromatic heterocycles. The fourth-order valence-electron chi connectivity index (χ4n) is 4.32. The average molecular weight is 284 g/mol. The van der Waals surface area contributed by atoms with Crippen molar-refractivity contribution in [2.24, 2.45) is 17.1 Å². The van der Waals surface area contributed by atoms with Crippen LogP contribution < -0.4 is 5.73 Å². The number of hydrogen-bond acceptors (Lipinski definition) is 4. The maximum Gasteiger partial charge on any atom is 0.0690 e. The quantitative estimate of drug-likeness (QED) is 0.841. The Balaban J connectivity index is 1.74. The number of ether oxygens (including phenoxy) is 1. The fourth-order valence-corrected chi connectivity index (χ4v) is 5.40. The molecule has 0 spiro atoms. The Morgan fingerprint density at radius 3 is 2.95 bits per heavy atom. The first kappa shape index (κ1) is 14.2. The lowest BCUT2D eigenvalue weighted by Gasteiger charge is -2.67. The summed E-state index contributed by atoms with van der Waals surface area (Å²) in [7, 11) is 0. The normalized spacial score (nSPS) is 46.4. The summed E-state index contributed by atoms with van der Waals surface area (Å²) in [5.74, 6) is 3.07. The van der Waals surface area contributed by atoms with Crippen LogP contribution >= 0.6 is 11.8 Å². The molecule has 3 nitrogen and oxygen atoms in total. The van der Waals surface area contributed by atoms with Gasteiger partial charge in [-0.15, -0.1) is 0 Å². The minimum absolute atomic E-state index is 0.0612. The molecule has 0 aromatic rings. The van der Waals surface area contributed by atoms with E-state index >= 15 is 0 Å². The summed E-state index contributed by atoms with van der Waals surface area (Å²) in [4.78, 5) is 2.61. The summed E-state index contributed by atoms with van der Waals surface area (Å²) in [6, 6.07) is 0.665. The smallest absolute Gasteiger partial charge is 0.0690 e. The molecule has 110 valence electrons. The molecule has 2 heterocycles. The highest BCUT2D eigenvalue weighted by atomic mass is 32.2. The van der Waals surface area contributed by atoms with Crippen molar-refractivity contribution in [3.63, 3.8) is 0 Å². The van der Waals surface area contributed by atoms with Gasteiger partial charge < -0.3 is 10.5 Å². The van der Waals surface area contributed by atoms with Gasteiger partial charge in [-0.2, -0.15) is 11.8 Å². The molecule has 0 bridgehead atoms. The molecule has 4 unspecified atom stereocenters. The van der Waals surface area contributed by atoms with Gasteiger partial charge in [0.25, 0.3) is 0 Å². The lowest BCUT2D eigenvalue weighted by molar-refractivity contribution is -0.232. The lowest BCUT2D eigenvalue weighted by atomic mass is 9.46. The number of hydrogen-bond donors (Lipinski definition) is 1. The van der Waals surface area contributed by atoms with Crippen LogP contribution in [0.25, 0.3) is 0 Å². The zero-order valence-electron chi connectivity index (χ0n) is 12.5. The maximum atomic E-state index is 6.90. The lowest BCUT2D eigenvalue weighted by Crippen LogP contribution is -2.80. The maximum absolute atomic E-state index is 6.90. The molecule has 0 amide bonds. The summed E-state index contributed by atoms with van der Waals surface area (Å²) < 4.78 is 6.00. The first-order valence-electron chi connectivity index (χ1n) is 7.69. The van der Waals surface area contributed by atoms with E-state index in [1.165, 1.54) is 30.9 Å². The molecule has 0 aromatic carbocycles. The van der Waals surface area contributed by atoms with Crippen molar-refractivity contribution in [1.29, 1.82) is 0 Å². The molecule has 2 aliphatic heterocycles. The first-order valence-corrected chi connectivity index (χ1v) is 8.84. The van der Waals surface area contributed by atoms with Gasteiger partial charge in [0.05, 0.1) is 6.10 Å². The first-order chi connectivity index (χ1) is 8.97. The number of rotatable bonds is 2. The number of nitrogens with zero attached hydrogens (tertiary/aromatic N) is 1. The predicted molar refractivity (Wildman–Crippen MR) is 81.5 cm³/mol. The number of thioether (sulfide) groups is 1. The second-order valence-corrected chi connectivity index (χ2v) is 8.35. The van der Waals surface area contributed by atoms with Crippen LogP contribution in [0.3, 0.4) is 0 Å². The second kappa shape index (κ2) is 4.90. The van der Waals surface area contributed by atoms with Crippen LogP contribution in [0.15, 0.2) is 0 Å². The van der Waals surface area contributed by atoms with Crippen molar-refractivity contribution in [2.75, 3.05) is 31.2 Å². The second-order valence-electron chi connectivity index (χ2n) is 7.20. The summed E-state index contributed by atoms with van der Waals surface area (Å²) >= 11 is 2.07. The average Bonchev–Trinajstić information content (AvgIpc) is 2.41. The van der Waals surface area contributed by atoms with Crippen LogP contribution in [0, 0.1) is 11.3 Å². The summed E-state index contributed by atoms with van der Waals surface area (Å²) in [6.45, 7) is 10.1. The van der Waals surface area contributed by atoms with Crippen LogP contribution in [0.2, 0.25) is 0 Å². The molecule has 19 heavy (non-hydrogen) atoms. The molecule has 3 fully saturated rings. The van der Waals surface area contributed by atoms with E-state index in [-0.39, 0.29) is 11.0 Å². The third kappa shape index (κ3) is 2.06. The van der Waals surface area contributed by atoms with E-state index in [0.717, 1.165) is 13.2 Å². The third-order valence-electron chi connectivity index (χ3n) is 5.86. The standard InChI is InChI=1S/C15H28N2OS/c1-11-9-19-8-6-17(11)10-15(16)12-5-4-7-18-13(12)14(15,2)3/h11-13H,4-10,16H2,1-3H3. The number of fused-ring (bicyclic) bond motifs is 1. The monoisotopic (exact) mass is 284 g/mol. The van der Waals surface area contributed by atoms with Crippen LogP contribution in [-0.4, -0.2) is 53.8 Å². The van der Waals surface area contributed by atoms with Gasteiger partial charge in [-0.3, -0.25) is 4.90 Å². The molecule has 3 aliphatic rings. The van der Waals surface area contributed by atoms with E-state index in [1.807, 2.05) is 0 Å². The predicted octanol–water partition coefficient (Wildman–Crippen LogP) is 1.96. The molecule has 0 radical (unpaired) electrons. The Morgan fingerprint density at radius 2 is 2.21 bits per heavy atom. The highest BCUT2D eigenvalue weighted by molar-refractivity contribution is 7.99. The Hall–Kier alpha value is 0.230. The summed E-state index contributed by atoms with van der Waals surface area (Å²) in [5.41, 5.74) is 6.95. The van der Waals surface area contributed by atoms with Gasteiger partial charge in [-0.25, -0.2) is 0 Å². The Kier molecular flexibility index (Phi) is 3.66. The van der Waals surface area contributed by atoms with E-state index < -0.39 is 0 Å². The van der Waals surface area contributed by atoms with Crippen LogP contribution in [0.1, 0.15) is 33.6 Å². The van der Waals surface area contributed by atoms with Gasteiger partial charge in [0.15, 0.2) is 0 Å². The van der Waals surface area contributed by atoms with Crippen LogP contribution in [0.5, 0.6) is 0 Å². The van der Waals surface area contributed by atoms with E-state index in [9.17, 15) is 0 Å². The molecule has 4 heteroatoms. The van der Waals surface area contributed by atoms with Gasteiger partial charge in [-0.05, 0) is 19.8 Å². The molecular formula is C15H28N2OS. The topological polar surface area (TPSA) is 38.5 Å². The summed E-state index contributed by atoms with van der Waals surface area (Å²) in [6.07, 6.45) is 2.82. The van der Waals surface area contributed by atoms with Crippen molar-refractivity contribution in [3.05, 3.63) is 0 Å². The van der Waals surface area contributed by atoms with Gasteiger partial charge in [0.2, 0.25) is 0 Å². The van der Waals surface area contributed by atoms with Gasteiger partial charge in [0, 0.05) is 54.1 Å². The van der Waals surface area contributed by atoms with Crippen molar-refractivity contribution >= 4 is 11.8 Å². The zero-order valence-corrected chi connectivity index (χ0v) is 13.3. The van der Waals surface area contributed by atoms with Crippen LogP contribution in [0.4, 0.5) is 0 Å². The fraction of sp³-hybridized carbons (Fsp3) is 1.00. The molecular weight excluding hydrogens is 256 g/mol. The van der Waals surface area contributed by atoms with Crippen LogP contribution in [-0.2, 0) is 4.74 Å². The molecule has 1 saturated carbocycles. The highest BCUT2D eigenvalue weighted by Crippen LogP contribution is 2.57. The van der Waals surface area contributed by atoms with E-state index in [4.69, 9.17) is 10.5 Å². The molecule has 4 atom stereocenters. The largest absolute Gasteiger partial charge is 0.377 e. The number of nitrogens with two attached hydrogens (primary N) is 1. The van der Waals surface area contributed by atoms with Gasteiger partial charge in [0.1, 0.15) is 0 Å². The van der Waals surface area contributed by atoms with Crippen molar-refractivity contribution in [2.45, 2.75) is 51.3 Å². The Bertz CT molecular complexity index is 349. The van der Waals surface area contributed by atoms with Gasteiger partial charge in [-0.1, -0.05) is 13.8 Å². The van der Waals surface area contributed by atoms with Crippen molar-refractivity contribution < 1.29 is 4.74 Å². The highest BCUT2D eigenvalue weighted by Gasteiger charge is 2.66. The minimum Gasteiger partial charge on any atom is -0.377 e. The Labute approximate surface area is 121 Å². The molecule has 2 saturated heterocycles. The van der Waals surface area contributed by atoms with E-state index in [2.05, 4.69) is 37.4 Å². The minimum atomic E-state index is -0.0612. The van der Waals surface area contributed by atoms with Gasteiger partial charge >= 0.3 is 0 Å². The van der Waals surface area contributed by atoms with E-state index in [0.29, 0.717) is 18.1 Å². The molecule has 2 N–H and O–H groups in total. The van der Waals surface area contributed by atoms with E-state index in [1.54, 1.807) is 0 Å². The molecule has 3 rings (SSSR count). The van der Waals surface area contributed by atoms with Crippen molar-refractivity contribution in [1.82, 2.24) is 4.90 Å². The molecule has 1 aliphatic carbocycles. The van der Waals surface area contributed by atoms with Crippen molar-refractivity contribution in [3.8, 4) is 0 Å². The zero-order chi connectivity index (χ0) is 13.7. The summed E-state index contributed by atoms with van der Waals surface area (Å²) in [5, 5.41) is 0. The Morgan fingerprint density at radius 1 is 1.42 bits per heavy atom.